The van der Waals surface area contributed by atoms with Crippen LogP contribution < -0.4 is 34.7 Å². The lowest BCUT2D eigenvalue weighted by Gasteiger charge is -2.46. The highest BCUT2D eigenvalue weighted by molar-refractivity contribution is 5.54. The van der Waals surface area contributed by atoms with Crippen molar-refractivity contribution >= 4 is 34.3 Å². The number of halogens is 1. The van der Waals surface area contributed by atoms with Crippen LogP contribution >= 0.6 is 0 Å². The third kappa shape index (κ3) is 35.9. The molecular weight excluding hydrogens is 1840 g/mol. The van der Waals surface area contributed by atoms with Gasteiger partial charge in [-0.2, -0.15) is 15.3 Å². The molecular formula is C124H196FN17O6. The molecule has 4 aromatic heterocycles. The monoisotopic (exact) mass is 2040 g/mol. The molecule has 4 atom stereocenters. The number of hydrogen-bond acceptors (Lipinski definition) is 20. The molecule has 0 spiro atoms. The van der Waals surface area contributed by atoms with Gasteiger partial charge in [-0.1, -0.05) is 206 Å². The van der Waals surface area contributed by atoms with E-state index in [0.29, 0.717) is 114 Å². The Bertz CT molecular complexity index is 5080. The summed E-state index contributed by atoms with van der Waals surface area (Å²) in [6.45, 7) is 83.6. The standard InChI is InChI=1S/2C17H26N2O.C16H24FN3.C16H25N.2C14H21NO2.C11H19N3.C10H18N2.C9H16N2/c2*1-13(2)15-4-6-16(7-5-15)19-9-8-18(10-14(19)3)17-11-20-12-17;1-12(2)13-10-15(17)16(18-11-13)20-8-6-19(7-9-20)14-4-3-5-14;1-13(2)14-5-7-15(8-6-14)17-11-9-16(3,4)10-12-17;1-11(2)12-3-5-13(6-4-12)15-7-8-17-10-14(15)9-16;1-11(2)12-3-5-13(6-4-12)15-7-8-17-14(9-15)10-16;1-9(2)10-7-13-14(8-10)11-3-5-12-6-4-11;1-8(2)9-6-11-12(7-9)10(3,4)5;1-7(2)9-5-10-11(6-9)8(3)4/h2*4-7,13-14,17H,8-12H2,1-3H3;10-12,14H,3-9H2,1-2H3;5-8,13H,9-12H2,1-4H3;2*3-6,11,14,16H,7-10H2,1-2H3;7-9,11-12H,3-6H2,1-2H3;6-8H,1-5H3;5-8H,1-4H3/t2*14-;;;2*14-;;;/m10..10.../s1. The summed E-state index contributed by atoms with van der Waals surface area (Å²) in [5, 5.41) is 34.9. The zero-order valence-corrected chi connectivity index (χ0v) is 96.5. The highest BCUT2D eigenvalue weighted by Crippen LogP contribution is 2.37. The van der Waals surface area contributed by atoms with E-state index < -0.39 is 0 Å². The largest absolute Gasteiger partial charge is 0.394 e. The van der Waals surface area contributed by atoms with E-state index in [1.54, 1.807) is 6.07 Å². The molecule has 23 nitrogen and oxygen atoms in total. The van der Waals surface area contributed by atoms with Gasteiger partial charge in [0, 0.05) is 176 Å². The second-order valence-electron chi connectivity index (χ2n) is 47.8. The van der Waals surface area contributed by atoms with Gasteiger partial charge >= 0.3 is 0 Å². The molecule has 148 heavy (non-hydrogen) atoms. The zero-order chi connectivity index (χ0) is 107. The molecule has 5 aromatic carbocycles. The zero-order valence-electron chi connectivity index (χ0n) is 96.5. The summed E-state index contributed by atoms with van der Waals surface area (Å²) in [6, 6.07) is 50.8. The highest BCUT2D eigenvalue weighted by Gasteiger charge is 2.36. The summed E-state index contributed by atoms with van der Waals surface area (Å²) in [5.74, 6) is 5.39. The number of piperazine rings is 3. The fourth-order valence-electron chi connectivity index (χ4n) is 20.0. The second kappa shape index (κ2) is 58.3. The molecule has 13 heterocycles. The molecule has 10 aliphatic rings. The lowest BCUT2D eigenvalue weighted by molar-refractivity contribution is -0.0691. The molecule has 3 N–H and O–H groups in total. The average molecular weight is 2040 g/mol. The topological polar surface area (TPSA) is 185 Å². The first kappa shape index (κ1) is 119. The summed E-state index contributed by atoms with van der Waals surface area (Å²) < 4.78 is 41.8. The smallest absolute Gasteiger partial charge is 0.165 e. The molecule has 1 saturated carbocycles. The van der Waals surface area contributed by atoms with Gasteiger partial charge in [0.15, 0.2) is 11.6 Å². The normalized spacial score (nSPS) is 20.4. The van der Waals surface area contributed by atoms with Crippen LogP contribution in [0.1, 0.15) is 347 Å². The second-order valence-corrected chi connectivity index (χ2v) is 47.8. The quantitative estimate of drug-likeness (QED) is 0.0581. The molecule has 0 amide bonds. The SMILES string of the molecule is CC(C)c1ccc(N2CCC(C)(C)CC2)cc1.CC(C)c1ccc(N2CCN(C3COC3)C[C@@H]2C)cc1.CC(C)c1ccc(N2CCN(C3COC3)C[C@H]2C)cc1.CC(C)c1ccc(N2CCOC[C@H]2CO)cc1.CC(C)c1ccc(N2CCO[C@H](CO)C2)cc1.CC(C)c1cnc(N2CCN(C3CCC3)CC2)c(F)c1.CC(C)c1cnn(C(C)(C)C)c1.CC(C)c1cnn(C(C)C)c1.CC(C)c1cnn(C2CCNCC2)c1. The van der Waals surface area contributed by atoms with E-state index in [2.05, 4.69) is 401 Å². The van der Waals surface area contributed by atoms with Crippen LogP contribution in [0.4, 0.5) is 38.6 Å². The number of aromatic nitrogens is 7. The maximum absolute atomic E-state index is 14.2. The van der Waals surface area contributed by atoms with Gasteiger partial charge in [0.05, 0.1) is 114 Å². The Morgan fingerprint density at radius 2 is 0.804 bits per heavy atom. The number of morpholine rings is 2. The molecule has 820 valence electrons. The number of rotatable bonds is 22. The highest BCUT2D eigenvalue weighted by atomic mass is 19.1. The van der Waals surface area contributed by atoms with Crippen molar-refractivity contribution in [3.63, 3.8) is 0 Å². The number of piperidine rings is 2. The van der Waals surface area contributed by atoms with E-state index >= 15 is 0 Å². The molecule has 10 fully saturated rings. The van der Waals surface area contributed by atoms with Crippen molar-refractivity contribution in [1.29, 1.82) is 0 Å². The van der Waals surface area contributed by atoms with Gasteiger partial charge in [0.25, 0.3) is 0 Å². The van der Waals surface area contributed by atoms with Crippen LogP contribution in [0, 0.1) is 11.2 Å². The van der Waals surface area contributed by atoms with Crippen molar-refractivity contribution in [2.75, 3.05) is 200 Å². The van der Waals surface area contributed by atoms with Gasteiger partial charge in [-0.25, -0.2) is 9.37 Å². The Balaban J connectivity index is 0.000000159. The van der Waals surface area contributed by atoms with Crippen molar-refractivity contribution in [3.8, 4) is 0 Å². The molecule has 0 unspecified atom stereocenters. The van der Waals surface area contributed by atoms with E-state index in [0.717, 1.165) is 143 Å². The maximum atomic E-state index is 14.2. The fraction of sp³-hybridized carbons (Fsp3) is 0.645. The van der Waals surface area contributed by atoms with Crippen LogP contribution in [0.25, 0.3) is 0 Å². The Morgan fingerprint density at radius 1 is 0.385 bits per heavy atom. The first-order valence-corrected chi connectivity index (χ1v) is 57.0. The van der Waals surface area contributed by atoms with E-state index in [1.165, 1.54) is 131 Å². The minimum Gasteiger partial charge on any atom is -0.394 e. The number of benzene rings is 5. The number of hydrogen-bond donors (Lipinski definition) is 3. The third-order valence-corrected chi connectivity index (χ3v) is 31.5. The van der Waals surface area contributed by atoms with Crippen LogP contribution in [0.15, 0.2) is 171 Å². The number of ether oxygens (including phenoxy) is 4. The first-order valence-electron chi connectivity index (χ1n) is 57.0. The molecule has 9 aromatic rings. The predicted molar refractivity (Wildman–Crippen MR) is 617 cm³/mol. The van der Waals surface area contributed by atoms with Crippen molar-refractivity contribution in [3.05, 3.63) is 227 Å². The van der Waals surface area contributed by atoms with Crippen LogP contribution in [0.5, 0.6) is 0 Å². The van der Waals surface area contributed by atoms with E-state index in [1.807, 2.05) is 34.2 Å². The number of nitrogens with one attached hydrogen (secondary N) is 1. The van der Waals surface area contributed by atoms with Gasteiger partial charge in [0.2, 0.25) is 0 Å². The van der Waals surface area contributed by atoms with Crippen LogP contribution in [-0.2, 0) is 24.5 Å². The van der Waals surface area contributed by atoms with Gasteiger partial charge < -0.3 is 63.9 Å². The van der Waals surface area contributed by atoms with Crippen molar-refractivity contribution in [2.24, 2.45) is 5.41 Å². The Labute approximate surface area is 894 Å². The summed E-state index contributed by atoms with van der Waals surface area (Å²) in [4.78, 5) is 26.3. The molecule has 9 aliphatic heterocycles. The number of aliphatic hydroxyl groups is 2. The maximum Gasteiger partial charge on any atom is 0.165 e. The van der Waals surface area contributed by atoms with E-state index in [-0.39, 0.29) is 36.7 Å². The number of nitrogens with zero attached hydrogens (tertiary/aromatic N) is 16. The Morgan fingerprint density at radius 3 is 1.17 bits per heavy atom. The van der Waals surface area contributed by atoms with Crippen molar-refractivity contribution in [2.45, 2.75) is 345 Å². The van der Waals surface area contributed by atoms with Gasteiger partial charge in [-0.15, -0.1) is 0 Å². The predicted octanol–water partition coefficient (Wildman–Crippen LogP) is 24.2. The number of pyridine rings is 1. The van der Waals surface area contributed by atoms with Gasteiger partial charge in [0.1, 0.15) is 0 Å². The first-order chi connectivity index (χ1) is 70.6. The van der Waals surface area contributed by atoms with Crippen LogP contribution in [-0.4, -0.2) is 272 Å². The summed E-state index contributed by atoms with van der Waals surface area (Å²) in [5.41, 5.74) is 19.1. The summed E-state index contributed by atoms with van der Waals surface area (Å²) in [6.07, 6.45) is 23.2. The Kier molecular flexibility index (Phi) is 47.1. The van der Waals surface area contributed by atoms with E-state index in [4.69, 9.17) is 24.1 Å². The summed E-state index contributed by atoms with van der Waals surface area (Å²) in [7, 11) is 0. The van der Waals surface area contributed by atoms with Crippen LogP contribution in [0.3, 0.4) is 0 Å². The third-order valence-electron chi connectivity index (χ3n) is 31.5. The number of anilines is 6. The number of aliphatic hydroxyl groups excluding tert-OH is 2. The molecule has 24 heteroatoms. The van der Waals surface area contributed by atoms with Crippen molar-refractivity contribution in [1.82, 2.24) is 54.3 Å². The lowest BCUT2D eigenvalue weighted by atomic mass is 9.82. The molecule has 9 saturated heterocycles. The minimum absolute atomic E-state index is 0.0477. The van der Waals surface area contributed by atoms with Gasteiger partial charge in [-0.3, -0.25) is 28.7 Å². The van der Waals surface area contributed by atoms with E-state index in [9.17, 15) is 9.50 Å². The summed E-state index contributed by atoms with van der Waals surface area (Å²) >= 11 is 0. The molecule has 1 aliphatic carbocycles. The Hall–Kier alpha value is -8.79. The molecule has 0 radical (unpaired) electrons. The fourth-order valence-corrected chi connectivity index (χ4v) is 20.0. The average Bonchev–Trinajstić information content (AvgIpc) is 0.963. The lowest BCUT2D eigenvalue weighted by Crippen LogP contribution is -2.59. The van der Waals surface area contributed by atoms with Gasteiger partial charge in [-0.05, 0) is 276 Å². The molecule has 0 bridgehead atoms. The van der Waals surface area contributed by atoms with Crippen molar-refractivity contribution < 1.29 is 33.6 Å². The minimum atomic E-state index is -0.173. The molecule has 19 rings (SSSR count). The van der Waals surface area contributed by atoms with Crippen LogP contribution in [0.2, 0.25) is 0 Å².